The van der Waals surface area contributed by atoms with E-state index in [1.165, 1.54) is 0 Å². The normalized spacial score (nSPS) is 30.5. The first-order valence-corrected chi connectivity index (χ1v) is 6.45. The summed E-state index contributed by atoms with van der Waals surface area (Å²) < 4.78 is 0. The second-order valence-electron chi connectivity index (χ2n) is 5.21. The number of hydrogen-bond donors (Lipinski definition) is 2. The van der Waals surface area contributed by atoms with Crippen LogP contribution in [0.2, 0.25) is 0 Å². The SMILES string of the molecule is CN1c2ccccc2C(C(=O)O)C2CNCCC21. The highest BCUT2D eigenvalue weighted by Crippen LogP contribution is 2.43. The van der Waals surface area contributed by atoms with Gasteiger partial charge in [0.05, 0.1) is 5.92 Å². The lowest BCUT2D eigenvalue weighted by Crippen LogP contribution is -2.54. The summed E-state index contributed by atoms with van der Waals surface area (Å²) in [6.07, 6.45) is 1.01. The molecule has 2 heterocycles. The van der Waals surface area contributed by atoms with Crippen LogP contribution in [0.25, 0.3) is 0 Å². The molecule has 1 aromatic rings. The Balaban J connectivity index is 2.11. The maximum absolute atomic E-state index is 11.6. The van der Waals surface area contributed by atoms with Crippen molar-refractivity contribution in [3.8, 4) is 0 Å². The van der Waals surface area contributed by atoms with Crippen LogP contribution in [-0.2, 0) is 4.79 Å². The highest BCUT2D eigenvalue weighted by Gasteiger charge is 2.44. The lowest BCUT2D eigenvalue weighted by molar-refractivity contribution is -0.140. The second-order valence-corrected chi connectivity index (χ2v) is 5.21. The summed E-state index contributed by atoms with van der Waals surface area (Å²) in [4.78, 5) is 13.9. The fourth-order valence-electron chi connectivity index (χ4n) is 3.49. The molecule has 3 atom stereocenters. The molecule has 1 fully saturated rings. The highest BCUT2D eigenvalue weighted by atomic mass is 16.4. The van der Waals surface area contributed by atoms with Crippen molar-refractivity contribution in [1.29, 1.82) is 0 Å². The number of para-hydroxylation sites is 1. The number of rotatable bonds is 1. The first-order valence-electron chi connectivity index (χ1n) is 6.45. The van der Waals surface area contributed by atoms with Crippen molar-refractivity contribution in [2.45, 2.75) is 18.4 Å². The van der Waals surface area contributed by atoms with Crippen molar-refractivity contribution >= 4 is 11.7 Å². The molecule has 3 rings (SSSR count). The second kappa shape index (κ2) is 4.28. The summed E-state index contributed by atoms with van der Waals surface area (Å²) >= 11 is 0. The van der Waals surface area contributed by atoms with Crippen LogP contribution in [0.1, 0.15) is 17.9 Å². The Morgan fingerprint density at radius 2 is 2.22 bits per heavy atom. The summed E-state index contributed by atoms with van der Waals surface area (Å²) in [6, 6.07) is 8.23. The number of benzene rings is 1. The van der Waals surface area contributed by atoms with Gasteiger partial charge in [-0.05, 0) is 24.6 Å². The van der Waals surface area contributed by atoms with Gasteiger partial charge in [-0.1, -0.05) is 18.2 Å². The Hall–Kier alpha value is -1.55. The summed E-state index contributed by atoms with van der Waals surface area (Å²) in [5.41, 5.74) is 2.03. The number of anilines is 1. The minimum atomic E-state index is -0.700. The molecule has 2 aliphatic heterocycles. The smallest absolute Gasteiger partial charge is 0.311 e. The third kappa shape index (κ3) is 1.60. The number of carboxylic acids is 1. The molecule has 1 saturated heterocycles. The van der Waals surface area contributed by atoms with Crippen LogP contribution in [0.5, 0.6) is 0 Å². The molecule has 0 spiro atoms. The zero-order chi connectivity index (χ0) is 12.7. The molecule has 96 valence electrons. The van der Waals surface area contributed by atoms with Gasteiger partial charge in [0.2, 0.25) is 0 Å². The standard InChI is InChI=1S/C14H18N2O2/c1-16-11-5-3-2-4-9(11)13(14(17)18)10-8-15-7-6-12(10)16/h2-5,10,12-13,15H,6-8H2,1H3,(H,17,18). The Morgan fingerprint density at radius 3 is 3.00 bits per heavy atom. The predicted molar refractivity (Wildman–Crippen MR) is 70.0 cm³/mol. The average molecular weight is 246 g/mol. The van der Waals surface area contributed by atoms with Crippen LogP contribution in [0, 0.1) is 5.92 Å². The first kappa shape index (κ1) is 11.5. The van der Waals surface area contributed by atoms with Crippen LogP contribution in [-0.4, -0.2) is 37.3 Å². The quantitative estimate of drug-likeness (QED) is 0.784. The molecule has 2 aliphatic rings. The van der Waals surface area contributed by atoms with E-state index in [0.717, 1.165) is 30.8 Å². The Labute approximate surface area is 107 Å². The minimum absolute atomic E-state index is 0.163. The van der Waals surface area contributed by atoms with Crippen molar-refractivity contribution < 1.29 is 9.90 Å². The van der Waals surface area contributed by atoms with Crippen LogP contribution in [0.4, 0.5) is 5.69 Å². The summed E-state index contributed by atoms with van der Waals surface area (Å²) in [5, 5.41) is 12.9. The summed E-state index contributed by atoms with van der Waals surface area (Å²) in [6.45, 7) is 1.76. The monoisotopic (exact) mass is 246 g/mol. The van der Waals surface area contributed by atoms with E-state index in [4.69, 9.17) is 0 Å². The van der Waals surface area contributed by atoms with E-state index in [2.05, 4.69) is 17.3 Å². The molecular weight excluding hydrogens is 228 g/mol. The van der Waals surface area contributed by atoms with Gasteiger partial charge in [-0.2, -0.15) is 0 Å². The topological polar surface area (TPSA) is 52.6 Å². The highest BCUT2D eigenvalue weighted by molar-refractivity contribution is 5.81. The van der Waals surface area contributed by atoms with Crippen molar-refractivity contribution in [3.63, 3.8) is 0 Å². The molecular formula is C14H18N2O2. The van der Waals surface area contributed by atoms with Gasteiger partial charge in [0.1, 0.15) is 0 Å². The van der Waals surface area contributed by atoms with Crippen molar-refractivity contribution in [1.82, 2.24) is 5.32 Å². The molecule has 3 unspecified atom stereocenters. The molecule has 0 radical (unpaired) electrons. The Morgan fingerprint density at radius 1 is 1.44 bits per heavy atom. The van der Waals surface area contributed by atoms with E-state index < -0.39 is 5.97 Å². The van der Waals surface area contributed by atoms with Gasteiger partial charge in [-0.15, -0.1) is 0 Å². The molecule has 0 saturated carbocycles. The maximum Gasteiger partial charge on any atom is 0.311 e. The van der Waals surface area contributed by atoms with E-state index in [1.807, 2.05) is 24.3 Å². The van der Waals surface area contributed by atoms with E-state index in [1.54, 1.807) is 0 Å². The lowest BCUT2D eigenvalue weighted by Gasteiger charge is -2.47. The van der Waals surface area contributed by atoms with Gasteiger partial charge in [0.25, 0.3) is 0 Å². The number of piperidine rings is 1. The molecule has 1 aromatic carbocycles. The number of hydrogen-bond acceptors (Lipinski definition) is 3. The zero-order valence-electron chi connectivity index (χ0n) is 10.5. The number of aliphatic carboxylic acids is 1. The predicted octanol–water partition coefficient (Wildman–Crippen LogP) is 1.28. The van der Waals surface area contributed by atoms with Crippen LogP contribution in [0.15, 0.2) is 24.3 Å². The summed E-state index contributed by atoms with van der Waals surface area (Å²) in [7, 11) is 2.08. The third-order valence-corrected chi connectivity index (χ3v) is 4.33. The van der Waals surface area contributed by atoms with Gasteiger partial charge in [-0.3, -0.25) is 4.79 Å². The molecule has 0 aliphatic carbocycles. The fraction of sp³-hybridized carbons (Fsp3) is 0.500. The fourth-order valence-corrected chi connectivity index (χ4v) is 3.49. The zero-order valence-corrected chi connectivity index (χ0v) is 10.5. The van der Waals surface area contributed by atoms with Crippen LogP contribution < -0.4 is 10.2 Å². The molecule has 2 N–H and O–H groups in total. The number of carboxylic acid groups (broad SMARTS) is 1. The average Bonchev–Trinajstić information content (AvgIpc) is 2.39. The van der Waals surface area contributed by atoms with Gasteiger partial charge >= 0.3 is 5.97 Å². The number of nitrogens with zero attached hydrogens (tertiary/aromatic N) is 1. The maximum atomic E-state index is 11.6. The molecule has 0 amide bonds. The van der Waals surface area contributed by atoms with E-state index in [0.29, 0.717) is 6.04 Å². The third-order valence-electron chi connectivity index (χ3n) is 4.33. The summed E-state index contributed by atoms with van der Waals surface area (Å²) in [5.74, 6) is -0.916. The molecule has 0 bridgehead atoms. The lowest BCUT2D eigenvalue weighted by atomic mass is 9.74. The minimum Gasteiger partial charge on any atom is -0.481 e. The van der Waals surface area contributed by atoms with Gasteiger partial charge < -0.3 is 15.3 Å². The van der Waals surface area contributed by atoms with E-state index in [-0.39, 0.29) is 11.8 Å². The first-order chi connectivity index (χ1) is 8.70. The van der Waals surface area contributed by atoms with Crippen molar-refractivity contribution in [3.05, 3.63) is 29.8 Å². The van der Waals surface area contributed by atoms with Gasteiger partial charge in [0.15, 0.2) is 0 Å². The van der Waals surface area contributed by atoms with E-state index in [9.17, 15) is 9.90 Å². The Kier molecular flexibility index (Phi) is 2.74. The molecule has 18 heavy (non-hydrogen) atoms. The molecule has 4 nitrogen and oxygen atoms in total. The Bertz CT molecular complexity index is 475. The van der Waals surface area contributed by atoms with Gasteiger partial charge in [0, 0.05) is 31.2 Å². The van der Waals surface area contributed by atoms with E-state index >= 15 is 0 Å². The number of nitrogens with one attached hydrogen (secondary N) is 1. The number of carbonyl (C=O) groups is 1. The molecule has 4 heteroatoms. The largest absolute Gasteiger partial charge is 0.481 e. The van der Waals surface area contributed by atoms with Crippen LogP contribution >= 0.6 is 0 Å². The van der Waals surface area contributed by atoms with Crippen molar-refractivity contribution in [2.75, 3.05) is 25.0 Å². The molecule has 0 aromatic heterocycles. The van der Waals surface area contributed by atoms with Gasteiger partial charge in [-0.25, -0.2) is 0 Å². The van der Waals surface area contributed by atoms with Crippen molar-refractivity contribution in [2.24, 2.45) is 5.92 Å². The van der Waals surface area contributed by atoms with Crippen LogP contribution in [0.3, 0.4) is 0 Å². The number of fused-ring (bicyclic) bond motifs is 2.